The maximum absolute atomic E-state index is 11.7. The van der Waals surface area contributed by atoms with E-state index in [1.54, 1.807) is 30.6 Å². The lowest BCUT2D eigenvalue weighted by atomic mass is 9.95. The summed E-state index contributed by atoms with van der Waals surface area (Å²) in [4.78, 5) is 16.0. The number of esters is 1. The molecule has 3 aromatic rings. The second-order valence-electron chi connectivity index (χ2n) is 7.16. The minimum Gasteiger partial charge on any atom is -0.479 e. The molecule has 1 aliphatic rings. The number of methoxy groups -OCH3 is 1. The van der Waals surface area contributed by atoms with Gasteiger partial charge < -0.3 is 19.9 Å². The Balaban J connectivity index is 1.37. The number of carbonyl (C=O) groups excluding carboxylic acids is 1. The van der Waals surface area contributed by atoms with Crippen LogP contribution in [0.15, 0.2) is 36.7 Å². The summed E-state index contributed by atoms with van der Waals surface area (Å²) in [6.45, 7) is 3.01. The predicted octanol–water partition coefficient (Wildman–Crippen LogP) is 1.95. The zero-order valence-corrected chi connectivity index (χ0v) is 17.1. The molecule has 31 heavy (non-hydrogen) atoms. The van der Waals surface area contributed by atoms with Gasteiger partial charge in [0, 0.05) is 24.8 Å². The van der Waals surface area contributed by atoms with Crippen molar-refractivity contribution in [2.75, 3.05) is 13.7 Å². The molecular weight excluding hydrogens is 398 g/mol. The van der Waals surface area contributed by atoms with Crippen LogP contribution in [0.4, 0.5) is 0 Å². The molecule has 2 N–H and O–H groups in total. The van der Waals surface area contributed by atoms with Crippen LogP contribution in [0.3, 0.4) is 0 Å². The van der Waals surface area contributed by atoms with E-state index in [9.17, 15) is 9.90 Å². The predicted molar refractivity (Wildman–Crippen MR) is 110 cm³/mol. The standard InChI is InChI=1S/C22H21N5O4/c1-13-16(4-5-17-18(13)12-31-22(17)29)19(28)10-24-8-14-3-6-20(25-9-14)27-11-15(7-23)21(26-27)30-2/h3-6,9,11,19,24,28H,8,10,12H2,1-2H3. The van der Waals surface area contributed by atoms with Gasteiger partial charge in [0.2, 0.25) is 0 Å². The molecule has 0 spiro atoms. The minimum absolute atomic E-state index is 0.252. The first-order chi connectivity index (χ1) is 15.0. The highest BCUT2D eigenvalue weighted by atomic mass is 16.5. The largest absolute Gasteiger partial charge is 0.479 e. The topological polar surface area (TPSA) is 122 Å². The number of fused-ring (bicyclic) bond motifs is 1. The fourth-order valence-electron chi connectivity index (χ4n) is 3.55. The first-order valence-corrected chi connectivity index (χ1v) is 9.69. The van der Waals surface area contributed by atoms with E-state index in [2.05, 4.69) is 15.4 Å². The highest BCUT2D eigenvalue weighted by Crippen LogP contribution is 2.28. The van der Waals surface area contributed by atoms with Gasteiger partial charge in [-0.05, 0) is 35.7 Å². The molecule has 1 aromatic carbocycles. The van der Waals surface area contributed by atoms with Crippen LogP contribution in [0.1, 0.15) is 44.3 Å². The fraction of sp³-hybridized carbons (Fsp3) is 0.273. The van der Waals surface area contributed by atoms with Gasteiger partial charge in [0.25, 0.3) is 5.88 Å². The molecule has 158 valence electrons. The van der Waals surface area contributed by atoms with Crippen molar-refractivity contribution in [1.82, 2.24) is 20.1 Å². The summed E-state index contributed by atoms with van der Waals surface area (Å²) >= 11 is 0. The molecule has 0 fully saturated rings. The molecule has 0 amide bonds. The number of nitrogens with zero attached hydrogens (tertiary/aromatic N) is 4. The Kier molecular flexibility index (Phi) is 5.66. The molecule has 1 aliphatic heterocycles. The first kappa shape index (κ1) is 20.5. The number of nitriles is 1. The number of carbonyl (C=O) groups is 1. The number of hydrogen-bond acceptors (Lipinski definition) is 8. The average Bonchev–Trinajstić information content (AvgIpc) is 3.38. The number of pyridine rings is 1. The number of aliphatic hydroxyl groups is 1. The van der Waals surface area contributed by atoms with E-state index in [0.717, 1.165) is 22.3 Å². The number of ether oxygens (including phenoxy) is 2. The van der Waals surface area contributed by atoms with Gasteiger partial charge in [-0.3, -0.25) is 0 Å². The SMILES string of the molecule is COc1nn(-c2ccc(CNCC(O)c3ccc4c(c3C)COC4=O)cn2)cc1C#N. The quantitative estimate of drug-likeness (QED) is 0.557. The molecule has 9 heteroatoms. The molecule has 3 heterocycles. The molecule has 0 saturated carbocycles. The molecule has 2 aromatic heterocycles. The van der Waals surface area contributed by atoms with Crippen LogP contribution in [0.2, 0.25) is 0 Å². The third kappa shape index (κ3) is 3.99. The highest BCUT2D eigenvalue weighted by Gasteiger charge is 2.25. The zero-order chi connectivity index (χ0) is 22.0. The molecule has 0 saturated heterocycles. The van der Waals surface area contributed by atoms with Crippen molar-refractivity contribution in [3.05, 3.63) is 70.0 Å². The molecule has 1 atom stereocenters. The minimum atomic E-state index is -0.714. The Labute approximate surface area is 178 Å². The van der Waals surface area contributed by atoms with E-state index in [1.807, 2.05) is 19.1 Å². The molecule has 1 unspecified atom stereocenters. The van der Waals surface area contributed by atoms with Crippen LogP contribution in [0, 0.1) is 18.3 Å². The summed E-state index contributed by atoms with van der Waals surface area (Å²) in [6, 6.07) is 9.20. The Bertz CT molecular complexity index is 1160. The Morgan fingerprint density at radius 3 is 2.90 bits per heavy atom. The van der Waals surface area contributed by atoms with Crippen molar-refractivity contribution < 1.29 is 19.4 Å². The van der Waals surface area contributed by atoms with Gasteiger partial charge in [-0.25, -0.2) is 14.5 Å². The molecular formula is C22H21N5O4. The van der Waals surface area contributed by atoms with Gasteiger partial charge in [-0.15, -0.1) is 5.10 Å². The molecule has 0 radical (unpaired) electrons. The van der Waals surface area contributed by atoms with Crippen LogP contribution < -0.4 is 10.1 Å². The third-order valence-electron chi connectivity index (χ3n) is 5.27. The summed E-state index contributed by atoms with van der Waals surface area (Å²) in [5, 5.41) is 27.1. The van der Waals surface area contributed by atoms with Crippen molar-refractivity contribution in [3.63, 3.8) is 0 Å². The number of aromatic nitrogens is 3. The van der Waals surface area contributed by atoms with E-state index in [1.165, 1.54) is 11.8 Å². The van der Waals surface area contributed by atoms with E-state index < -0.39 is 6.10 Å². The van der Waals surface area contributed by atoms with Crippen LogP contribution in [0.25, 0.3) is 5.82 Å². The van der Waals surface area contributed by atoms with E-state index >= 15 is 0 Å². The number of aliphatic hydroxyl groups excluding tert-OH is 1. The van der Waals surface area contributed by atoms with Crippen molar-refractivity contribution in [3.8, 4) is 17.8 Å². The first-order valence-electron chi connectivity index (χ1n) is 9.69. The third-order valence-corrected chi connectivity index (χ3v) is 5.27. The fourth-order valence-corrected chi connectivity index (χ4v) is 3.55. The zero-order valence-electron chi connectivity index (χ0n) is 17.1. The second-order valence-corrected chi connectivity index (χ2v) is 7.16. The van der Waals surface area contributed by atoms with Gasteiger partial charge >= 0.3 is 5.97 Å². The Morgan fingerprint density at radius 1 is 1.39 bits per heavy atom. The van der Waals surface area contributed by atoms with Gasteiger partial charge in [0.05, 0.1) is 25.0 Å². The smallest absolute Gasteiger partial charge is 0.338 e. The monoisotopic (exact) mass is 419 g/mol. The number of hydrogen-bond donors (Lipinski definition) is 2. The van der Waals surface area contributed by atoms with E-state index in [0.29, 0.717) is 30.0 Å². The Hall–Kier alpha value is -3.74. The summed E-state index contributed by atoms with van der Waals surface area (Å²) in [5.41, 5.74) is 4.34. The van der Waals surface area contributed by atoms with Crippen LogP contribution in [0.5, 0.6) is 5.88 Å². The van der Waals surface area contributed by atoms with Gasteiger partial charge in [-0.1, -0.05) is 12.1 Å². The Morgan fingerprint density at radius 2 is 2.23 bits per heavy atom. The van der Waals surface area contributed by atoms with Crippen molar-refractivity contribution >= 4 is 5.97 Å². The van der Waals surface area contributed by atoms with Crippen molar-refractivity contribution in [1.29, 1.82) is 5.26 Å². The lowest BCUT2D eigenvalue weighted by Gasteiger charge is -2.16. The van der Waals surface area contributed by atoms with Crippen LogP contribution >= 0.6 is 0 Å². The van der Waals surface area contributed by atoms with E-state index in [4.69, 9.17) is 14.7 Å². The summed E-state index contributed by atoms with van der Waals surface area (Å²) in [5.74, 6) is 0.501. The number of rotatable bonds is 7. The molecule has 4 rings (SSSR count). The van der Waals surface area contributed by atoms with Crippen molar-refractivity contribution in [2.45, 2.75) is 26.2 Å². The molecule has 0 bridgehead atoms. The van der Waals surface area contributed by atoms with Gasteiger partial charge in [-0.2, -0.15) is 5.26 Å². The molecule has 9 nitrogen and oxygen atoms in total. The lowest BCUT2D eigenvalue weighted by Crippen LogP contribution is -2.22. The lowest BCUT2D eigenvalue weighted by molar-refractivity contribution is 0.0535. The second kappa shape index (κ2) is 8.55. The van der Waals surface area contributed by atoms with Crippen molar-refractivity contribution in [2.24, 2.45) is 0 Å². The van der Waals surface area contributed by atoms with Crippen LogP contribution in [-0.4, -0.2) is 39.5 Å². The summed E-state index contributed by atoms with van der Waals surface area (Å²) < 4.78 is 11.6. The normalized spacial score (nSPS) is 13.4. The highest BCUT2D eigenvalue weighted by molar-refractivity contribution is 5.93. The maximum Gasteiger partial charge on any atom is 0.338 e. The summed E-state index contributed by atoms with van der Waals surface area (Å²) in [6.07, 6.45) is 2.56. The number of nitrogens with one attached hydrogen (secondary N) is 1. The molecule has 0 aliphatic carbocycles. The summed E-state index contributed by atoms with van der Waals surface area (Å²) in [7, 11) is 1.46. The number of benzene rings is 1. The van der Waals surface area contributed by atoms with Crippen LogP contribution in [-0.2, 0) is 17.9 Å². The van der Waals surface area contributed by atoms with Gasteiger partial charge in [0.15, 0.2) is 5.82 Å². The average molecular weight is 419 g/mol. The maximum atomic E-state index is 11.7. The van der Waals surface area contributed by atoms with Gasteiger partial charge in [0.1, 0.15) is 18.2 Å². The van der Waals surface area contributed by atoms with E-state index in [-0.39, 0.29) is 18.5 Å². The number of cyclic esters (lactones) is 1.